The normalized spacial score (nSPS) is 28.8. The van der Waals surface area contributed by atoms with Crippen molar-refractivity contribution in [3.8, 4) is 0 Å². The third-order valence-electron chi connectivity index (χ3n) is 3.09. The molecule has 0 radical (unpaired) electrons. The summed E-state index contributed by atoms with van der Waals surface area (Å²) < 4.78 is 4.27. The number of carbonyl (C=O) groups is 1. The highest BCUT2D eigenvalue weighted by Crippen LogP contribution is 2.31. The fourth-order valence-electron chi connectivity index (χ4n) is 1.89. The third-order valence-corrected chi connectivity index (χ3v) is 3.96. The van der Waals surface area contributed by atoms with Crippen molar-refractivity contribution in [1.29, 1.82) is 0 Å². The van der Waals surface area contributed by atoms with Gasteiger partial charge in [0.2, 0.25) is 0 Å². The topological polar surface area (TPSA) is 64.9 Å². The van der Waals surface area contributed by atoms with Gasteiger partial charge in [-0.05, 0) is 25.8 Å². The summed E-state index contributed by atoms with van der Waals surface area (Å²) in [4.78, 5) is 13.4. The summed E-state index contributed by atoms with van der Waals surface area (Å²) in [6, 6.07) is 0. The van der Waals surface area contributed by atoms with Crippen LogP contribution in [0.1, 0.15) is 33.6 Å². The molecule has 0 aromatic rings. The number of aliphatic hydroxyl groups is 1. The Hall–Kier alpha value is -1.01. The highest BCUT2D eigenvalue weighted by molar-refractivity contribution is 7.99. The zero-order valence-corrected chi connectivity index (χ0v) is 11.0. The molecule has 94 valence electrons. The van der Waals surface area contributed by atoms with Gasteiger partial charge in [-0.25, -0.2) is 0 Å². The summed E-state index contributed by atoms with van der Waals surface area (Å²) in [5.41, 5.74) is 1.07. The molecule has 17 heavy (non-hydrogen) atoms. The number of amidine groups is 1. The van der Waals surface area contributed by atoms with Gasteiger partial charge in [0, 0.05) is 23.9 Å². The van der Waals surface area contributed by atoms with Crippen LogP contribution >= 0.6 is 11.9 Å². The second kappa shape index (κ2) is 4.70. The van der Waals surface area contributed by atoms with Gasteiger partial charge >= 0.3 is 0 Å². The summed E-state index contributed by atoms with van der Waals surface area (Å²) >= 11 is 1.29. The maximum absolute atomic E-state index is 12.0. The van der Waals surface area contributed by atoms with Crippen LogP contribution < -0.4 is 5.32 Å². The molecule has 2 aliphatic heterocycles. The Kier molecular flexibility index (Phi) is 3.44. The van der Waals surface area contributed by atoms with Crippen LogP contribution in [-0.4, -0.2) is 33.5 Å². The van der Waals surface area contributed by atoms with E-state index < -0.39 is 6.23 Å². The van der Waals surface area contributed by atoms with E-state index in [1.807, 2.05) is 0 Å². The van der Waals surface area contributed by atoms with Gasteiger partial charge in [0.05, 0.1) is 0 Å². The van der Waals surface area contributed by atoms with Gasteiger partial charge in [-0.2, -0.15) is 4.40 Å². The Morgan fingerprint density at radius 2 is 2.24 bits per heavy atom. The Morgan fingerprint density at radius 1 is 1.53 bits per heavy atom. The molecule has 0 saturated carbocycles. The van der Waals surface area contributed by atoms with Crippen LogP contribution in [0.3, 0.4) is 0 Å². The van der Waals surface area contributed by atoms with E-state index in [1.165, 1.54) is 16.8 Å². The number of aliphatic hydroxyl groups excluding tert-OH is 1. The predicted octanol–water partition coefficient (Wildman–Crippen LogP) is 1.22. The van der Waals surface area contributed by atoms with Crippen LogP contribution in [0.25, 0.3) is 0 Å². The van der Waals surface area contributed by atoms with Gasteiger partial charge in [0.1, 0.15) is 5.84 Å². The molecule has 2 aliphatic rings. The van der Waals surface area contributed by atoms with Gasteiger partial charge in [0.25, 0.3) is 5.91 Å². The number of hydrogen-bond acceptors (Lipinski definition) is 5. The monoisotopic (exact) mass is 255 g/mol. The van der Waals surface area contributed by atoms with Crippen molar-refractivity contribution in [2.75, 3.05) is 0 Å². The highest BCUT2D eigenvalue weighted by atomic mass is 32.2. The summed E-state index contributed by atoms with van der Waals surface area (Å²) in [5, 5.41) is 13.2. The SMILES string of the molecule is CCCC1=NSC(N2C(=O)C(C)=C(C)C2O)N1. The first-order chi connectivity index (χ1) is 8.06. The second-order valence-corrected chi connectivity index (χ2v) is 5.12. The maximum Gasteiger partial charge on any atom is 0.254 e. The molecule has 0 saturated heterocycles. The van der Waals surface area contributed by atoms with E-state index >= 15 is 0 Å². The number of carbonyl (C=O) groups excluding carboxylic acids is 1. The van der Waals surface area contributed by atoms with Crippen LogP contribution in [0.5, 0.6) is 0 Å². The molecule has 6 heteroatoms. The lowest BCUT2D eigenvalue weighted by Gasteiger charge is -2.27. The van der Waals surface area contributed by atoms with Gasteiger partial charge < -0.3 is 10.4 Å². The fourth-order valence-corrected chi connectivity index (χ4v) is 2.77. The van der Waals surface area contributed by atoms with E-state index in [9.17, 15) is 9.90 Å². The van der Waals surface area contributed by atoms with Crippen molar-refractivity contribution in [1.82, 2.24) is 10.2 Å². The van der Waals surface area contributed by atoms with Crippen LogP contribution in [0.2, 0.25) is 0 Å². The quantitative estimate of drug-likeness (QED) is 0.744. The van der Waals surface area contributed by atoms with Crippen LogP contribution in [0.4, 0.5) is 0 Å². The molecular formula is C11H17N3O2S. The Bertz CT molecular complexity index is 406. The second-order valence-electron chi connectivity index (χ2n) is 4.28. The first kappa shape index (κ1) is 12.4. The van der Waals surface area contributed by atoms with E-state index in [2.05, 4.69) is 16.6 Å². The average Bonchev–Trinajstić information content (AvgIpc) is 2.82. The Labute approximate surface area is 105 Å². The average molecular weight is 255 g/mol. The Balaban J connectivity index is 2.05. The van der Waals surface area contributed by atoms with Gasteiger partial charge in [-0.1, -0.05) is 6.92 Å². The molecule has 2 unspecified atom stereocenters. The van der Waals surface area contributed by atoms with E-state index in [4.69, 9.17) is 0 Å². The highest BCUT2D eigenvalue weighted by Gasteiger charge is 2.40. The smallest absolute Gasteiger partial charge is 0.254 e. The summed E-state index contributed by atoms with van der Waals surface area (Å²) in [6.07, 6.45) is 1.04. The number of amides is 1. The molecule has 2 N–H and O–H groups in total. The molecule has 0 spiro atoms. The standard InChI is InChI=1S/C11H17N3O2S/c1-4-5-8-12-11(17-13-8)14-9(15)6(2)7(3)10(14)16/h9,11,15H,4-5H2,1-3H3,(H,12,13). The molecule has 0 aliphatic carbocycles. The fraction of sp³-hybridized carbons (Fsp3) is 0.636. The predicted molar refractivity (Wildman–Crippen MR) is 68.1 cm³/mol. The molecule has 2 heterocycles. The van der Waals surface area contributed by atoms with Crippen molar-refractivity contribution < 1.29 is 9.90 Å². The largest absolute Gasteiger partial charge is 0.369 e. The van der Waals surface area contributed by atoms with Crippen molar-refractivity contribution in [2.45, 2.75) is 45.3 Å². The minimum Gasteiger partial charge on any atom is -0.369 e. The lowest BCUT2D eigenvalue weighted by molar-refractivity contribution is -0.133. The van der Waals surface area contributed by atoms with Crippen LogP contribution in [0, 0.1) is 0 Å². The van der Waals surface area contributed by atoms with E-state index in [-0.39, 0.29) is 11.4 Å². The van der Waals surface area contributed by atoms with Crippen LogP contribution in [-0.2, 0) is 4.79 Å². The zero-order chi connectivity index (χ0) is 12.6. The van der Waals surface area contributed by atoms with Crippen molar-refractivity contribution in [3.63, 3.8) is 0 Å². The van der Waals surface area contributed by atoms with Gasteiger partial charge in [0.15, 0.2) is 11.7 Å². The maximum atomic E-state index is 12.0. The molecule has 1 amide bonds. The summed E-state index contributed by atoms with van der Waals surface area (Å²) in [6.45, 7) is 5.60. The number of hydrogen-bond donors (Lipinski definition) is 2. The van der Waals surface area contributed by atoms with Gasteiger partial charge in [-0.15, -0.1) is 0 Å². The first-order valence-electron chi connectivity index (χ1n) is 5.73. The minimum atomic E-state index is -0.830. The van der Waals surface area contributed by atoms with Crippen molar-refractivity contribution in [2.24, 2.45) is 4.40 Å². The molecule has 0 fully saturated rings. The van der Waals surface area contributed by atoms with Gasteiger partial charge in [-0.3, -0.25) is 9.69 Å². The first-order valence-corrected chi connectivity index (χ1v) is 6.57. The Morgan fingerprint density at radius 3 is 2.76 bits per heavy atom. The molecule has 2 rings (SSSR count). The van der Waals surface area contributed by atoms with E-state index in [0.717, 1.165) is 24.3 Å². The molecule has 0 aromatic heterocycles. The minimum absolute atomic E-state index is 0.118. The van der Waals surface area contributed by atoms with E-state index in [0.29, 0.717) is 5.57 Å². The third kappa shape index (κ3) is 2.07. The van der Waals surface area contributed by atoms with Crippen molar-refractivity contribution in [3.05, 3.63) is 11.1 Å². The number of nitrogens with one attached hydrogen (secondary N) is 1. The summed E-state index contributed by atoms with van der Waals surface area (Å²) in [7, 11) is 0. The molecule has 0 bridgehead atoms. The van der Waals surface area contributed by atoms with E-state index in [1.54, 1.807) is 13.8 Å². The molecular weight excluding hydrogens is 238 g/mol. The lowest BCUT2D eigenvalue weighted by Crippen LogP contribution is -2.48. The zero-order valence-electron chi connectivity index (χ0n) is 10.2. The van der Waals surface area contributed by atoms with Crippen LogP contribution in [0.15, 0.2) is 15.5 Å². The molecule has 2 atom stereocenters. The lowest BCUT2D eigenvalue weighted by atomic mass is 10.2. The molecule has 5 nitrogen and oxygen atoms in total. The van der Waals surface area contributed by atoms with Crippen molar-refractivity contribution >= 4 is 23.7 Å². The molecule has 0 aromatic carbocycles. The summed E-state index contributed by atoms with van der Waals surface area (Å²) in [5.74, 6) is 0.776. The number of rotatable bonds is 3. The number of nitrogens with zero attached hydrogens (tertiary/aromatic N) is 2.